The van der Waals surface area contributed by atoms with Crippen LogP contribution < -0.4 is 5.32 Å². The highest BCUT2D eigenvalue weighted by Gasteiger charge is 2.29. The highest BCUT2D eigenvalue weighted by atomic mass is 32.2. The van der Waals surface area contributed by atoms with Gasteiger partial charge < -0.3 is 5.32 Å². The summed E-state index contributed by atoms with van der Waals surface area (Å²) in [5, 5.41) is 13.3. The van der Waals surface area contributed by atoms with Gasteiger partial charge in [0.25, 0.3) is 0 Å². The molecule has 6 nitrogen and oxygen atoms in total. The van der Waals surface area contributed by atoms with Crippen LogP contribution in [0.25, 0.3) is 11.3 Å². The molecule has 1 atom stereocenters. The lowest BCUT2D eigenvalue weighted by Crippen LogP contribution is -2.22. The molecule has 1 unspecified atom stereocenters. The minimum Gasteiger partial charge on any atom is -0.365 e. The second-order valence-electron chi connectivity index (χ2n) is 5.50. The van der Waals surface area contributed by atoms with Gasteiger partial charge in [-0.3, -0.25) is 0 Å². The third-order valence-corrected chi connectivity index (χ3v) is 6.12. The summed E-state index contributed by atoms with van der Waals surface area (Å²) in [6.45, 7) is 0. The zero-order chi connectivity index (χ0) is 17.2. The van der Waals surface area contributed by atoms with E-state index in [2.05, 4.69) is 21.4 Å². The molecule has 1 aliphatic heterocycles. The molecule has 124 valence electrons. The van der Waals surface area contributed by atoms with E-state index in [1.807, 2.05) is 36.6 Å². The Morgan fingerprint density at radius 1 is 1.29 bits per heavy atom. The third kappa shape index (κ3) is 3.52. The van der Waals surface area contributed by atoms with Crippen molar-refractivity contribution in [3.05, 3.63) is 35.9 Å². The lowest BCUT2D eigenvalue weighted by atomic mass is 10.1. The number of sulfone groups is 1. The summed E-state index contributed by atoms with van der Waals surface area (Å²) in [7, 11) is -3.01. The van der Waals surface area contributed by atoms with Crippen LogP contribution in [0.4, 0.5) is 5.82 Å². The number of nitrogens with zero attached hydrogens (tertiary/aromatic N) is 3. The first-order chi connectivity index (χ1) is 11.5. The molecule has 0 aliphatic carbocycles. The van der Waals surface area contributed by atoms with Crippen molar-refractivity contribution in [3.8, 4) is 17.3 Å². The van der Waals surface area contributed by atoms with Crippen molar-refractivity contribution in [3.63, 3.8) is 0 Å². The number of rotatable bonds is 4. The maximum atomic E-state index is 11.7. The number of nitrogens with one attached hydrogen (secondary N) is 1. The van der Waals surface area contributed by atoms with Crippen molar-refractivity contribution < 1.29 is 8.42 Å². The molecule has 1 N–H and O–H groups in total. The Bertz CT molecular complexity index is 892. The average Bonchev–Trinajstić information content (AvgIpc) is 2.93. The van der Waals surface area contributed by atoms with Gasteiger partial charge in [0, 0.05) is 11.6 Å². The molecule has 2 aromatic rings. The van der Waals surface area contributed by atoms with Crippen LogP contribution in [0.5, 0.6) is 0 Å². The topological polar surface area (TPSA) is 95.7 Å². The van der Waals surface area contributed by atoms with E-state index in [0.29, 0.717) is 28.7 Å². The van der Waals surface area contributed by atoms with Gasteiger partial charge in [-0.25, -0.2) is 18.4 Å². The second kappa shape index (κ2) is 6.79. The highest BCUT2D eigenvalue weighted by Crippen LogP contribution is 2.29. The number of nitriles is 1. The van der Waals surface area contributed by atoms with Gasteiger partial charge in [0.2, 0.25) is 0 Å². The Morgan fingerprint density at radius 3 is 2.62 bits per heavy atom. The first-order valence-corrected chi connectivity index (χ1v) is 10.5. The van der Waals surface area contributed by atoms with Crippen LogP contribution in [0.1, 0.15) is 12.0 Å². The Morgan fingerprint density at radius 2 is 2.04 bits per heavy atom. The predicted molar refractivity (Wildman–Crippen MR) is 94.6 cm³/mol. The van der Waals surface area contributed by atoms with E-state index in [9.17, 15) is 13.7 Å². The SMILES string of the molecule is CSc1nc(NC2CCS(=O)(=O)C2)c(C#N)c(-c2ccccc2)n1. The van der Waals surface area contributed by atoms with E-state index in [1.54, 1.807) is 0 Å². The van der Waals surface area contributed by atoms with Gasteiger partial charge in [0.1, 0.15) is 17.5 Å². The molecular formula is C16H16N4O2S2. The predicted octanol–water partition coefficient (Wildman–Crippen LogP) is 2.34. The summed E-state index contributed by atoms with van der Waals surface area (Å²) < 4.78 is 23.3. The Balaban J connectivity index is 2.04. The number of thioether (sulfide) groups is 1. The summed E-state index contributed by atoms with van der Waals surface area (Å²) in [6, 6.07) is 11.4. The molecule has 0 radical (unpaired) electrons. The smallest absolute Gasteiger partial charge is 0.189 e. The first kappa shape index (κ1) is 16.7. The van der Waals surface area contributed by atoms with Crippen LogP contribution in [-0.2, 0) is 9.84 Å². The van der Waals surface area contributed by atoms with E-state index in [0.717, 1.165) is 5.56 Å². The molecule has 1 aromatic carbocycles. The molecule has 0 spiro atoms. The molecule has 8 heteroatoms. The summed E-state index contributed by atoms with van der Waals surface area (Å²) in [5.74, 6) is 0.633. The molecule has 1 aromatic heterocycles. The van der Waals surface area contributed by atoms with E-state index < -0.39 is 9.84 Å². The molecule has 2 heterocycles. The molecule has 3 rings (SSSR count). The number of aromatic nitrogens is 2. The largest absolute Gasteiger partial charge is 0.365 e. The fourth-order valence-electron chi connectivity index (χ4n) is 2.65. The summed E-state index contributed by atoms with van der Waals surface area (Å²) in [6.07, 6.45) is 2.38. The van der Waals surface area contributed by atoms with Gasteiger partial charge in [-0.05, 0) is 12.7 Å². The van der Waals surface area contributed by atoms with Gasteiger partial charge in [0.05, 0.1) is 17.2 Å². The van der Waals surface area contributed by atoms with E-state index in [4.69, 9.17) is 0 Å². The Labute approximate surface area is 145 Å². The zero-order valence-corrected chi connectivity index (χ0v) is 14.7. The molecule has 0 saturated carbocycles. The third-order valence-electron chi connectivity index (χ3n) is 3.80. The normalized spacial score (nSPS) is 18.9. The molecule has 1 saturated heterocycles. The van der Waals surface area contributed by atoms with Crippen molar-refractivity contribution in [2.24, 2.45) is 0 Å². The number of hydrogen-bond acceptors (Lipinski definition) is 7. The minimum atomic E-state index is -3.01. The lowest BCUT2D eigenvalue weighted by Gasteiger charge is -2.15. The fourth-order valence-corrected chi connectivity index (χ4v) is 4.69. The Hall–Kier alpha value is -2.11. The van der Waals surface area contributed by atoms with Gasteiger partial charge >= 0.3 is 0 Å². The van der Waals surface area contributed by atoms with Crippen molar-refractivity contribution in [2.75, 3.05) is 23.1 Å². The standard InChI is InChI=1S/C16H16N4O2S2/c1-23-16-19-14(11-5-3-2-4-6-11)13(9-17)15(20-16)18-12-7-8-24(21,22)10-12/h2-6,12H,7-8,10H2,1H3,(H,18,19,20). The summed E-state index contributed by atoms with van der Waals surface area (Å²) >= 11 is 1.38. The fraction of sp³-hybridized carbons (Fsp3) is 0.312. The summed E-state index contributed by atoms with van der Waals surface area (Å²) in [4.78, 5) is 8.85. The molecule has 0 bridgehead atoms. The summed E-state index contributed by atoms with van der Waals surface area (Å²) in [5.41, 5.74) is 1.72. The average molecular weight is 360 g/mol. The minimum absolute atomic E-state index is 0.0666. The van der Waals surface area contributed by atoms with Crippen LogP contribution in [0.2, 0.25) is 0 Å². The number of hydrogen-bond donors (Lipinski definition) is 1. The van der Waals surface area contributed by atoms with Crippen molar-refractivity contribution >= 4 is 27.4 Å². The van der Waals surface area contributed by atoms with Crippen LogP contribution in [-0.4, -0.2) is 42.2 Å². The van der Waals surface area contributed by atoms with Crippen LogP contribution >= 0.6 is 11.8 Å². The van der Waals surface area contributed by atoms with Gasteiger partial charge in [-0.2, -0.15) is 5.26 Å². The van der Waals surface area contributed by atoms with Crippen molar-refractivity contribution in [2.45, 2.75) is 17.6 Å². The monoisotopic (exact) mass is 360 g/mol. The molecule has 1 aliphatic rings. The van der Waals surface area contributed by atoms with Gasteiger partial charge in [-0.15, -0.1) is 0 Å². The van der Waals surface area contributed by atoms with Crippen LogP contribution in [0.3, 0.4) is 0 Å². The first-order valence-electron chi connectivity index (χ1n) is 7.41. The van der Waals surface area contributed by atoms with Crippen LogP contribution in [0, 0.1) is 11.3 Å². The lowest BCUT2D eigenvalue weighted by molar-refractivity contribution is 0.602. The van der Waals surface area contributed by atoms with Gasteiger partial charge in [-0.1, -0.05) is 42.1 Å². The molecular weight excluding hydrogens is 344 g/mol. The quantitative estimate of drug-likeness (QED) is 0.660. The number of benzene rings is 1. The zero-order valence-electron chi connectivity index (χ0n) is 13.1. The Kier molecular flexibility index (Phi) is 4.73. The molecule has 0 amide bonds. The molecule has 1 fully saturated rings. The van der Waals surface area contributed by atoms with Crippen molar-refractivity contribution in [1.82, 2.24) is 9.97 Å². The number of anilines is 1. The highest BCUT2D eigenvalue weighted by molar-refractivity contribution is 7.98. The van der Waals surface area contributed by atoms with Crippen molar-refractivity contribution in [1.29, 1.82) is 5.26 Å². The van der Waals surface area contributed by atoms with Crippen LogP contribution in [0.15, 0.2) is 35.5 Å². The maximum Gasteiger partial charge on any atom is 0.189 e. The van der Waals surface area contributed by atoms with Gasteiger partial charge in [0.15, 0.2) is 15.0 Å². The van der Waals surface area contributed by atoms with E-state index >= 15 is 0 Å². The maximum absolute atomic E-state index is 11.7. The van der Waals surface area contributed by atoms with E-state index in [1.165, 1.54) is 11.8 Å². The van der Waals surface area contributed by atoms with E-state index in [-0.39, 0.29) is 17.5 Å². The second-order valence-corrected chi connectivity index (χ2v) is 8.51. The molecule has 24 heavy (non-hydrogen) atoms.